The molecule has 0 saturated carbocycles. The molecule has 0 aliphatic carbocycles. The zero-order valence-electron chi connectivity index (χ0n) is 15.9. The van der Waals surface area contributed by atoms with Crippen molar-refractivity contribution in [3.8, 4) is 5.75 Å². The first-order chi connectivity index (χ1) is 11.7. The van der Waals surface area contributed by atoms with Crippen LogP contribution in [-0.4, -0.2) is 31.8 Å². The molecule has 0 heterocycles. The van der Waals surface area contributed by atoms with Crippen LogP contribution in [0.15, 0.2) is 40.7 Å². The van der Waals surface area contributed by atoms with E-state index in [2.05, 4.69) is 31.0 Å². The summed E-state index contributed by atoms with van der Waals surface area (Å²) in [7, 11) is 2.77. The van der Waals surface area contributed by atoms with Crippen LogP contribution in [0.1, 0.15) is 40.2 Å². The maximum Gasteiger partial charge on any atom is 0.341 e. The van der Waals surface area contributed by atoms with Gasteiger partial charge in [0.2, 0.25) is 5.90 Å². The summed E-state index contributed by atoms with van der Waals surface area (Å²) in [5.41, 5.74) is 1.62. The Labute approximate surface area is 149 Å². The molecule has 0 aromatic heterocycles. The van der Waals surface area contributed by atoms with Crippen LogP contribution in [0.4, 0.5) is 0 Å². The third-order valence-corrected chi connectivity index (χ3v) is 3.50. The van der Waals surface area contributed by atoms with Crippen molar-refractivity contribution in [3.63, 3.8) is 0 Å². The van der Waals surface area contributed by atoms with E-state index in [4.69, 9.17) is 14.2 Å². The average molecular weight is 346 g/mol. The zero-order valence-corrected chi connectivity index (χ0v) is 15.9. The molecule has 0 bridgehead atoms. The minimum Gasteiger partial charge on any atom is -0.503 e. The number of benzene rings is 1. The van der Waals surface area contributed by atoms with E-state index in [9.17, 15) is 4.79 Å². The molecule has 6 nitrogen and oxygen atoms in total. The van der Waals surface area contributed by atoms with E-state index in [0.717, 1.165) is 5.71 Å². The minimum atomic E-state index is -0.519. The Morgan fingerprint density at radius 1 is 1.08 bits per heavy atom. The summed E-state index contributed by atoms with van der Waals surface area (Å²) in [6.45, 7) is 9.80. The third-order valence-electron chi connectivity index (χ3n) is 3.50. The first-order valence-corrected chi connectivity index (χ1v) is 7.88. The van der Waals surface area contributed by atoms with Gasteiger partial charge in [-0.05, 0) is 13.0 Å². The summed E-state index contributed by atoms with van der Waals surface area (Å²) in [6, 6.07) is 7.08. The molecule has 0 aliphatic rings. The van der Waals surface area contributed by atoms with Crippen molar-refractivity contribution >= 4 is 23.2 Å². The highest BCUT2D eigenvalue weighted by Gasteiger charge is 2.18. The third kappa shape index (κ3) is 6.06. The number of rotatable bonds is 5. The van der Waals surface area contributed by atoms with E-state index in [-0.39, 0.29) is 11.0 Å². The minimum absolute atomic E-state index is 0.0685. The van der Waals surface area contributed by atoms with Crippen molar-refractivity contribution in [3.05, 3.63) is 36.1 Å². The van der Waals surface area contributed by atoms with Crippen LogP contribution < -0.4 is 4.74 Å². The summed E-state index contributed by atoms with van der Waals surface area (Å²) < 4.78 is 15.6. The van der Waals surface area contributed by atoms with Crippen molar-refractivity contribution in [1.29, 1.82) is 0 Å². The SMILES string of the molecule is CO/C=C(/C(=O)OC)c1ccccc1O/C(C)=N/N=C(\C)C(C)(C)C. The van der Waals surface area contributed by atoms with Gasteiger partial charge in [0.15, 0.2) is 0 Å². The highest BCUT2D eigenvalue weighted by Crippen LogP contribution is 2.27. The molecule has 1 aromatic carbocycles. The van der Waals surface area contributed by atoms with Crippen LogP contribution in [-0.2, 0) is 14.3 Å². The standard InChI is InChI=1S/C19H26N2O4/c1-13(19(3,4)5)20-21-14(2)25-17-11-9-8-10-15(17)16(12-23-6)18(22)24-7/h8-12H,1-7H3/b16-12+,20-13+,21-14+. The van der Waals surface area contributed by atoms with Gasteiger partial charge in [-0.25, -0.2) is 4.79 Å². The van der Waals surface area contributed by atoms with Gasteiger partial charge in [-0.1, -0.05) is 39.0 Å². The van der Waals surface area contributed by atoms with Crippen LogP contribution in [0.3, 0.4) is 0 Å². The summed E-state index contributed by atoms with van der Waals surface area (Å²) >= 11 is 0. The van der Waals surface area contributed by atoms with Crippen molar-refractivity contribution in [2.75, 3.05) is 14.2 Å². The van der Waals surface area contributed by atoms with E-state index in [1.165, 1.54) is 20.5 Å². The Hall–Kier alpha value is -2.63. The zero-order chi connectivity index (χ0) is 19.0. The second-order valence-electron chi connectivity index (χ2n) is 6.41. The molecular formula is C19H26N2O4. The topological polar surface area (TPSA) is 69.5 Å². The van der Waals surface area contributed by atoms with Crippen molar-refractivity contribution < 1.29 is 19.0 Å². The maximum atomic E-state index is 12.0. The number of carbonyl (C=O) groups excluding carboxylic acids is 1. The normalized spacial score (nSPS) is 13.5. The summed E-state index contributed by atoms with van der Waals surface area (Å²) in [5, 5.41) is 8.32. The van der Waals surface area contributed by atoms with Gasteiger partial charge < -0.3 is 14.2 Å². The number of methoxy groups -OCH3 is 2. The summed E-state index contributed by atoms with van der Waals surface area (Å²) in [6.07, 6.45) is 1.32. The molecule has 1 rings (SSSR count). The monoisotopic (exact) mass is 346 g/mol. The van der Waals surface area contributed by atoms with Gasteiger partial charge in [-0.2, -0.15) is 5.10 Å². The molecule has 0 N–H and O–H groups in total. The van der Waals surface area contributed by atoms with Crippen LogP contribution in [0, 0.1) is 5.41 Å². The first-order valence-electron chi connectivity index (χ1n) is 7.88. The number of ether oxygens (including phenoxy) is 3. The van der Waals surface area contributed by atoms with Gasteiger partial charge in [-0.15, -0.1) is 5.10 Å². The maximum absolute atomic E-state index is 12.0. The largest absolute Gasteiger partial charge is 0.503 e. The Bertz CT molecular complexity index is 698. The van der Waals surface area contributed by atoms with Gasteiger partial charge in [0.25, 0.3) is 0 Å². The Balaban J connectivity index is 3.16. The van der Waals surface area contributed by atoms with Crippen molar-refractivity contribution in [2.45, 2.75) is 34.6 Å². The molecule has 0 radical (unpaired) electrons. The van der Waals surface area contributed by atoms with Gasteiger partial charge >= 0.3 is 5.97 Å². The molecule has 0 aliphatic heterocycles. The predicted octanol–water partition coefficient (Wildman–Crippen LogP) is 4.07. The molecule has 25 heavy (non-hydrogen) atoms. The molecule has 0 atom stereocenters. The summed E-state index contributed by atoms with van der Waals surface area (Å²) in [5.74, 6) is 0.299. The lowest BCUT2D eigenvalue weighted by atomic mass is 9.91. The fraction of sp³-hybridized carbons (Fsp3) is 0.421. The first kappa shape index (κ1) is 20.4. The number of esters is 1. The highest BCUT2D eigenvalue weighted by atomic mass is 16.5. The van der Waals surface area contributed by atoms with Gasteiger partial charge in [0.05, 0.1) is 20.5 Å². The molecule has 0 amide bonds. The van der Waals surface area contributed by atoms with Gasteiger partial charge in [0.1, 0.15) is 11.3 Å². The highest BCUT2D eigenvalue weighted by molar-refractivity contribution is 6.17. The van der Waals surface area contributed by atoms with E-state index in [1.54, 1.807) is 31.2 Å². The van der Waals surface area contributed by atoms with Crippen LogP contribution in [0.5, 0.6) is 5.75 Å². The van der Waals surface area contributed by atoms with E-state index in [0.29, 0.717) is 17.2 Å². The molecule has 1 aromatic rings. The van der Waals surface area contributed by atoms with Gasteiger partial charge in [0, 0.05) is 23.6 Å². The lowest BCUT2D eigenvalue weighted by Gasteiger charge is -2.16. The van der Waals surface area contributed by atoms with E-state index < -0.39 is 5.97 Å². The van der Waals surface area contributed by atoms with E-state index >= 15 is 0 Å². The van der Waals surface area contributed by atoms with E-state index in [1.807, 2.05) is 6.92 Å². The summed E-state index contributed by atoms with van der Waals surface area (Å²) in [4.78, 5) is 12.0. The predicted molar refractivity (Wildman–Crippen MR) is 99.7 cm³/mol. The molecule has 0 spiro atoms. The lowest BCUT2D eigenvalue weighted by Crippen LogP contribution is -2.16. The van der Waals surface area contributed by atoms with Crippen LogP contribution in [0.2, 0.25) is 0 Å². The number of nitrogens with zero attached hydrogens (tertiary/aromatic N) is 2. The molecule has 0 saturated heterocycles. The Morgan fingerprint density at radius 2 is 1.72 bits per heavy atom. The molecule has 136 valence electrons. The number of hydrogen-bond acceptors (Lipinski definition) is 6. The molecule has 0 unspecified atom stereocenters. The molecule has 0 fully saturated rings. The fourth-order valence-corrected chi connectivity index (χ4v) is 1.70. The van der Waals surface area contributed by atoms with Crippen molar-refractivity contribution in [2.24, 2.45) is 15.6 Å². The second-order valence-corrected chi connectivity index (χ2v) is 6.41. The number of carbonyl (C=O) groups is 1. The fourth-order valence-electron chi connectivity index (χ4n) is 1.70. The average Bonchev–Trinajstić information content (AvgIpc) is 2.56. The molecular weight excluding hydrogens is 320 g/mol. The second kappa shape index (κ2) is 9.01. The number of para-hydroxylation sites is 1. The smallest absolute Gasteiger partial charge is 0.341 e. The van der Waals surface area contributed by atoms with Crippen molar-refractivity contribution in [1.82, 2.24) is 0 Å². The Kier molecular flexibility index (Phi) is 7.36. The van der Waals surface area contributed by atoms with Gasteiger partial charge in [-0.3, -0.25) is 0 Å². The van der Waals surface area contributed by atoms with Crippen LogP contribution in [0.25, 0.3) is 5.57 Å². The van der Waals surface area contributed by atoms with Crippen LogP contribution >= 0.6 is 0 Å². The lowest BCUT2D eigenvalue weighted by molar-refractivity contribution is -0.133. The number of hydrogen-bond donors (Lipinski definition) is 0. The quantitative estimate of drug-likeness (QED) is 0.201. The molecule has 6 heteroatoms. The Morgan fingerprint density at radius 3 is 2.28 bits per heavy atom.